The Bertz CT molecular complexity index is 444. The van der Waals surface area contributed by atoms with E-state index in [2.05, 4.69) is 6.92 Å². The first-order valence-corrected chi connectivity index (χ1v) is 7.42. The maximum atomic E-state index is 12.3. The van der Waals surface area contributed by atoms with Crippen LogP contribution in [0.3, 0.4) is 0 Å². The van der Waals surface area contributed by atoms with Crippen LogP contribution in [0.2, 0.25) is 0 Å². The Labute approximate surface area is 120 Å². The van der Waals surface area contributed by atoms with Gasteiger partial charge < -0.3 is 15.7 Å². The molecule has 20 heavy (non-hydrogen) atoms. The van der Waals surface area contributed by atoms with Gasteiger partial charge in [-0.1, -0.05) is 25.5 Å². The summed E-state index contributed by atoms with van der Waals surface area (Å²) in [5.41, 5.74) is 7.01. The summed E-state index contributed by atoms with van der Waals surface area (Å²) in [6, 6.07) is 6.39. The summed E-state index contributed by atoms with van der Waals surface area (Å²) < 4.78 is 0. The quantitative estimate of drug-likeness (QED) is 0.863. The predicted molar refractivity (Wildman–Crippen MR) is 79.4 cm³/mol. The Morgan fingerprint density at radius 3 is 2.80 bits per heavy atom. The second-order valence-electron chi connectivity index (χ2n) is 5.70. The van der Waals surface area contributed by atoms with E-state index in [9.17, 15) is 9.90 Å². The van der Waals surface area contributed by atoms with Crippen LogP contribution in [0, 0.1) is 5.92 Å². The molecule has 0 bridgehead atoms. The number of nitrogens with zero attached hydrogens (tertiary/aromatic N) is 1. The number of phenols is 1. The van der Waals surface area contributed by atoms with Crippen molar-refractivity contribution in [2.24, 2.45) is 11.7 Å². The molecular weight excluding hydrogens is 252 g/mol. The first kappa shape index (κ1) is 14.9. The summed E-state index contributed by atoms with van der Waals surface area (Å²) >= 11 is 0. The summed E-state index contributed by atoms with van der Waals surface area (Å²) in [6.07, 6.45) is 3.99. The van der Waals surface area contributed by atoms with Gasteiger partial charge in [0.15, 0.2) is 0 Å². The van der Waals surface area contributed by atoms with E-state index in [4.69, 9.17) is 5.73 Å². The third-order valence-corrected chi connectivity index (χ3v) is 4.00. The van der Waals surface area contributed by atoms with Crippen molar-refractivity contribution >= 4 is 5.91 Å². The topological polar surface area (TPSA) is 66.6 Å². The van der Waals surface area contributed by atoms with Gasteiger partial charge in [0.2, 0.25) is 5.91 Å². The zero-order valence-electron chi connectivity index (χ0n) is 12.1. The molecule has 2 atom stereocenters. The fourth-order valence-electron chi connectivity index (χ4n) is 2.88. The second kappa shape index (κ2) is 6.75. The number of nitrogens with two attached hydrogens (primary N) is 1. The highest BCUT2D eigenvalue weighted by Gasteiger charge is 2.28. The lowest BCUT2D eigenvalue weighted by molar-refractivity contribution is -0.131. The van der Waals surface area contributed by atoms with Crippen LogP contribution in [-0.2, 0) is 11.2 Å². The maximum absolute atomic E-state index is 12.3. The highest BCUT2D eigenvalue weighted by atomic mass is 16.3. The molecule has 1 aromatic carbocycles. The third-order valence-electron chi connectivity index (χ3n) is 4.00. The molecule has 1 saturated heterocycles. The molecule has 1 heterocycles. The molecular formula is C16H24N2O2. The number of amides is 1. The molecule has 0 radical (unpaired) electrons. The lowest BCUT2D eigenvalue weighted by Crippen LogP contribution is -2.43. The minimum atomic E-state index is -0.486. The van der Waals surface area contributed by atoms with Crippen molar-refractivity contribution in [3.63, 3.8) is 0 Å². The van der Waals surface area contributed by atoms with E-state index >= 15 is 0 Å². The number of aromatic hydroxyl groups is 1. The molecule has 0 aromatic heterocycles. The van der Waals surface area contributed by atoms with Crippen LogP contribution in [0.5, 0.6) is 5.75 Å². The number of rotatable bonds is 5. The molecule has 3 N–H and O–H groups in total. The summed E-state index contributed by atoms with van der Waals surface area (Å²) in [5, 5.41) is 9.25. The molecule has 1 fully saturated rings. The minimum absolute atomic E-state index is 0.0525. The number of benzene rings is 1. The zero-order valence-corrected chi connectivity index (χ0v) is 12.1. The van der Waals surface area contributed by atoms with E-state index in [1.165, 1.54) is 12.8 Å². The smallest absolute Gasteiger partial charge is 0.239 e. The van der Waals surface area contributed by atoms with Gasteiger partial charge in [0.05, 0.1) is 6.04 Å². The van der Waals surface area contributed by atoms with Gasteiger partial charge in [-0.15, -0.1) is 0 Å². The van der Waals surface area contributed by atoms with Gasteiger partial charge in [0.1, 0.15) is 5.75 Å². The molecule has 4 nitrogen and oxygen atoms in total. The van der Waals surface area contributed by atoms with Gasteiger partial charge in [-0.3, -0.25) is 4.79 Å². The van der Waals surface area contributed by atoms with E-state index in [0.717, 1.165) is 25.1 Å². The molecule has 0 aliphatic carbocycles. The first-order chi connectivity index (χ1) is 9.60. The van der Waals surface area contributed by atoms with Crippen LogP contribution < -0.4 is 5.73 Å². The Kier molecular flexibility index (Phi) is 5.01. The van der Waals surface area contributed by atoms with Crippen LogP contribution in [0.15, 0.2) is 24.3 Å². The largest absolute Gasteiger partial charge is 0.508 e. The minimum Gasteiger partial charge on any atom is -0.508 e. The number of hydrogen-bond acceptors (Lipinski definition) is 3. The van der Waals surface area contributed by atoms with Crippen LogP contribution in [0.25, 0.3) is 0 Å². The summed E-state index contributed by atoms with van der Waals surface area (Å²) in [6.45, 7) is 3.88. The van der Waals surface area contributed by atoms with Gasteiger partial charge in [-0.25, -0.2) is 0 Å². The van der Waals surface area contributed by atoms with Gasteiger partial charge in [0.25, 0.3) is 0 Å². The van der Waals surface area contributed by atoms with E-state index in [-0.39, 0.29) is 11.7 Å². The standard InChI is InChI=1S/C16H24N2O2/c1-2-3-13-8-9-18(11-13)16(20)15(17)10-12-4-6-14(19)7-5-12/h4-7,13,15,19H,2-3,8-11,17H2,1H3/t13?,15-/m1/s1. The number of hydrogen-bond donors (Lipinski definition) is 2. The zero-order chi connectivity index (χ0) is 14.5. The van der Waals surface area contributed by atoms with Crippen molar-refractivity contribution in [3.05, 3.63) is 29.8 Å². The molecule has 1 unspecified atom stereocenters. The first-order valence-electron chi connectivity index (χ1n) is 7.42. The highest BCUT2D eigenvalue weighted by Crippen LogP contribution is 2.21. The molecule has 110 valence electrons. The summed E-state index contributed by atoms with van der Waals surface area (Å²) in [5.74, 6) is 0.928. The maximum Gasteiger partial charge on any atom is 0.239 e. The molecule has 2 rings (SSSR count). The van der Waals surface area contributed by atoms with Gasteiger partial charge >= 0.3 is 0 Å². The van der Waals surface area contributed by atoms with Gasteiger partial charge in [-0.2, -0.15) is 0 Å². The monoisotopic (exact) mass is 276 g/mol. The Hall–Kier alpha value is -1.55. The normalized spacial score (nSPS) is 20.1. The number of likely N-dealkylation sites (tertiary alicyclic amines) is 1. The van der Waals surface area contributed by atoms with Crippen LogP contribution in [0.4, 0.5) is 0 Å². The van der Waals surface area contributed by atoms with Crippen LogP contribution >= 0.6 is 0 Å². The van der Waals surface area contributed by atoms with Gasteiger partial charge in [-0.05, 0) is 42.9 Å². The number of carbonyl (C=O) groups is 1. The summed E-state index contributed by atoms with van der Waals surface area (Å²) in [4.78, 5) is 14.2. The highest BCUT2D eigenvalue weighted by molar-refractivity contribution is 5.82. The van der Waals surface area contributed by atoms with Crippen molar-refractivity contribution < 1.29 is 9.90 Å². The SMILES string of the molecule is CCCC1CCN(C(=O)[C@H](N)Cc2ccc(O)cc2)C1. The van der Waals surface area contributed by atoms with Crippen molar-refractivity contribution in [2.75, 3.05) is 13.1 Å². The molecule has 1 amide bonds. The molecule has 1 aliphatic rings. The Morgan fingerprint density at radius 2 is 2.15 bits per heavy atom. The van der Waals surface area contributed by atoms with Crippen LogP contribution in [-0.4, -0.2) is 35.0 Å². The van der Waals surface area contributed by atoms with Crippen molar-refractivity contribution in [2.45, 2.75) is 38.6 Å². The van der Waals surface area contributed by atoms with E-state index in [1.54, 1.807) is 12.1 Å². The lowest BCUT2D eigenvalue weighted by atomic mass is 10.0. The Morgan fingerprint density at radius 1 is 1.45 bits per heavy atom. The third kappa shape index (κ3) is 3.73. The number of carbonyl (C=O) groups excluding carboxylic acids is 1. The Balaban J connectivity index is 1.87. The number of phenolic OH excluding ortho intramolecular Hbond substituents is 1. The average Bonchev–Trinajstić information content (AvgIpc) is 2.89. The molecule has 0 saturated carbocycles. The van der Waals surface area contributed by atoms with Crippen LogP contribution in [0.1, 0.15) is 31.7 Å². The average molecular weight is 276 g/mol. The fourth-order valence-corrected chi connectivity index (χ4v) is 2.88. The van der Waals surface area contributed by atoms with Crippen molar-refractivity contribution in [3.8, 4) is 5.75 Å². The fraction of sp³-hybridized carbons (Fsp3) is 0.562. The molecule has 0 spiro atoms. The van der Waals surface area contributed by atoms with Crippen molar-refractivity contribution in [1.82, 2.24) is 4.90 Å². The van der Waals surface area contributed by atoms with E-state index in [0.29, 0.717) is 12.3 Å². The summed E-state index contributed by atoms with van der Waals surface area (Å²) in [7, 11) is 0. The second-order valence-corrected chi connectivity index (χ2v) is 5.70. The molecule has 4 heteroatoms. The lowest BCUT2D eigenvalue weighted by Gasteiger charge is -2.21. The van der Waals surface area contributed by atoms with Crippen molar-refractivity contribution in [1.29, 1.82) is 0 Å². The molecule has 1 aliphatic heterocycles. The van der Waals surface area contributed by atoms with Gasteiger partial charge in [0, 0.05) is 13.1 Å². The predicted octanol–water partition coefficient (Wildman–Crippen LogP) is 1.91. The molecule has 1 aromatic rings. The van der Waals surface area contributed by atoms with E-state index in [1.807, 2.05) is 17.0 Å². The van der Waals surface area contributed by atoms with E-state index < -0.39 is 6.04 Å².